The Morgan fingerprint density at radius 1 is 1.06 bits per heavy atom. The first kappa shape index (κ1) is 11.0. The van der Waals surface area contributed by atoms with Gasteiger partial charge < -0.3 is 0 Å². The third-order valence-electron chi connectivity index (χ3n) is 2.31. The van der Waals surface area contributed by atoms with E-state index in [-0.39, 0.29) is 5.15 Å². The minimum Gasteiger partial charge on any atom is -0.238 e. The van der Waals surface area contributed by atoms with Crippen molar-refractivity contribution in [2.24, 2.45) is 0 Å². The highest BCUT2D eigenvalue weighted by molar-refractivity contribution is 6.29. The summed E-state index contributed by atoms with van der Waals surface area (Å²) in [5.41, 5.74) is 1.51. The molecule has 2 nitrogen and oxygen atoms in total. The SMILES string of the molecule is Fc1c(Cl)ncnc1CCc1ccccc1. The van der Waals surface area contributed by atoms with E-state index in [4.69, 9.17) is 11.6 Å². The highest BCUT2D eigenvalue weighted by Gasteiger charge is 2.08. The minimum absolute atomic E-state index is 0.113. The lowest BCUT2D eigenvalue weighted by Gasteiger charge is -2.02. The Bertz CT molecular complexity index is 474. The molecule has 2 rings (SSSR count). The fourth-order valence-corrected chi connectivity index (χ4v) is 1.62. The average Bonchev–Trinajstić information content (AvgIpc) is 2.32. The summed E-state index contributed by atoms with van der Waals surface area (Å²) in [6.45, 7) is 0. The Kier molecular flexibility index (Phi) is 3.47. The van der Waals surface area contributed by atoms with Crippen LogP contribution in [-0.2, 0) is 12.8 Å². The first-order valence-corrected chi connectivity index (χ1v) is 5.34. The summed E-state index contributed by atoms with van der Waals surface area (Å²) in [5, 5.41) is -0.113. The predicted molar refractivity (Wildman–Crippen MR) is 60.9 cm³/mol. The second-order valence-corrected chi connectivity index (χ2v) is 3.77. The van der Waals surface area contributed by atoms with Crippen LogP contribution >= 0.6 is 11.6 Å². The van der Waals surface area contributed by atoms with Crippen molar-refractivity contribution >= 4 is 11.6 Å². The molecule has 0 radical (unpaired) electrons. The zero-order valence-electron chi connectivity index (χ0n) is 8.53. The fraction of sp³-hybridized carbons (Fsp3) is 0.167. The largest absolute Gasteiger partial charge is 0.238 e. The van der Waals surface area contributed by atoms with Crippen molar-refractivity contribution in [3.05, 3.63) is 58.9 Å². The maximum Gasteiger partial charge on any atom is 0.181 e. The number of nitrogens with zero attached hydrogens (tertiary/aromatic N) is 2. The molecule has 0 aliphatic heterocycles. The van der Waals surface area contributed by atoms with Crippen molar-refractivity contribution < 1.29 is 4.39 Å². The van der Waals surface area contributed by atoms with Gasteiger partial charge in [-0.3, -0.25) is 0 Å². The van der Waals surface area contributed by atoms with Crippen LogP contribution in [0.3, 0.4) is 0 Å². The van der Waals surface area contributed by atoms with E-state index in [0.29, 0.717) is 12.1 Å². The van der Waals surface area contributed by atoms with Crippen LogP contribution in [0.25, 0.3) is 0 Å². The number of hydrogen-bond donors (Lipinski definition) is 0. The Morgan fingerprint density at radius 2 is 1.81 bits per heavy atom. The quantitative estimate of drug-likeness (QED) is 0.766. The lowest BCUT2D eigenvalue weighted by atomic mass is 10.1. The molecular weight excluding hydrogens is 227 g/mol. The monoisotopic (exact) mass is 236 g/mol. The number of rotatable bonds is 3. The van der Waals surface area contributed by atoms with Crippen LogP contribution in [0.1, 0.15) is 11.3 Å². The van der Waals surface area contributed by atoms with Crippen LogP contribution in [0.5, 0.6) is 0 Å². The van der Waals surface area contributed by atoms with Gasteiger partial charge in [0.25, 0.3) is 0 Å². The molecule has 0 aliphatic rings. The van der Waals surface area contributed by atoms with E-state index in [1.165, 1.54) is 6.33 Å². The van der Waals surface area contributed by atoms with E-state index in [1.807, 2.05) is 30.3 Å². The fourth-order valence-electron chi connectivity index (χ4n) is 1.46. The second-order valence-electron chi connectivity index (χ2n) is 3.41. The standard InChI is InChI=1S/C12H10ClFN2/c13-12-11(14)10(15-8-16-12)7-6-9-4-2-1-3-5-9/h1-5,8H,6-7H2. The third kappa shape index (κ3) is 2.55. The van der Waals surface area contributed by atoms with Crippen LogP contribution in [0, 0.1) is 5.82 Å². The zero-order chi connectivity index (χ0) is 11.4. The van der Waals surface area contributed by atoms with Gasteiger partial charge in [-0.15, -0.1) is 0 Å². The molecule has 0 saturated carbocycles. The highest BCUT2D eigenvalue weighted by Crippen LogP contribution is 2.14. The summed E-state index contributed by atoms with van der Waals surface area (Å²) < 4.78 is 13.4. The Balaban J connectivity index is 2.08. The van der Waals surface area contributed by atoms with Crippen LogP contribution in [0.15, 0.2) is 36.7 Å². The molecule has 1 aromatic carbocycles. The molecule has 0 atom stereocenters. The van der Waals surface area contributed by atoms with Gasteiger partial charge in [0.2, 0.25) is 0 Å². The summed E-state index contributed by atoms with van der Waals surface area (Å²) >= 11 is 5.57. The number of hydrogen-bond acceptors (Lipinski definition) is 2. The Labute approximate surface area is 98.1 Å². The number of benzene rings is 1. The summed E-state index contributed by atoms with van der Waals surface area (Å²) in [6.07, 6.45) is 2.55. The molecule has 16 heavy (non-hydrogen) atoms. The molecule has 1 aromatic heterocycles. The summed E-state index contributed by atoms with van der Waals surface area (Å²) in [5.74, 6) is -0.514. The van der Waals surface area contributed by atoms with E-state index < -0.39 is 5.82 Å². The van der Waals surface area contributed by atoms with E-state index in [9.17, 15) is 4.39 Å². The van der Waals surface area contributed by atoms with Crippen molar-refractivity contribution in [2.45, 2.75) is 12.8 Å². The van der Waals surface area contributed by atoms with E-state index in [0.717, 1.165) is 12.0 Å². The molecule has 82 valence electrons. The van der Waals surface area contributed by atoms with Crippen LogP contribution in [0.2, 0.25) is 5.15 Å². The van der Waals surface area contributed by atoms with Crippen LogP contribution in [-0.4, -0.2) is 9.97 Å². The smallest absolute Gasteiger partial charge is 0.181 e. The average molecular weight is 237 g/mol. The molecule has 0 saturated heterocycles. The lowest BCUT2D eigenvalue weighted by molar-refractivity contribution is 0.589. The van der Waals surface area contributed by atoms with Gasteiger partial charge in [0.05, 0.1) is 5.69 Å². The molecule has 0 amide bonds. The molecular formula is C12H10ClFN2. The Morgan fingerprint density at radius 3 is 2.56 bits per heavy atom. The predicted octanol–water partition coefficient (Wildman–Crippen LogP) is 3.05. The summed E-state index contributed by atoms with van der Waals surface area (Å²) in [4.78, 5) is 7.46. The van der Waals surface area contributed by atoms with E-state index in [1.54, 1.807) is 0 Å². The van der Waals surface area contributed by atoms with Gasteiger partial charge in [0.1, 0.15) is 6.33 Å². The van der Waals surface area contributed by atoms with Gasteiger partial charge in [0, 0.05) is 0 Å². The maximum absolute atomic E-state index is 13.4. The molecule has 0 bridgehead atoms. The topological polar surface area (TPSA) is 25.8 Å². The second kappa shape index (κ2) is 5.03. The summed E-state index contributed by atoms with van der Waals surface area (Å²) in [7, 11) is 0. The molecule has 0 unspecified atom stereocenters. The summed E-state index contributed by atoms with van der Waals surface area (Å²) in [6, 6.07) is 9.87. The molecule has 0 aliphatic carbocycles. The maximum atomic E-state index is 13.4. The third-order valence-corrected chi connectivity index (χ3v) is 2.58. The first-order chi connectivity index (χ1) is 7.77. The van der Waals surface area contributed by atoms with Gasteiger partial charge >= 0.3 is 0 Å². The number of aromatic nitrogens is 2. The van der Waals surface area contributed by atoms with E-state index in [2.05, 4.69) is 9.97 Å². The zero-order valence-corrected chi connectivity index (χ0v) is 9.28. The van der Waals surface area contributed by atoms with Gasteiger partial charge in [0.15, 0.2) is 11.0 Å². The molecule has 2 aromatic rings. The normalized spacial score (nSPS) is 10.4. The highest BCUT2D eigenvalue weighted by atomic mass is 35.5. The van der Waals surface area contributed by atoms with Gasteiger partial charge in [-0.2, -0.15) is 0 Å². The van der Waals surface area contributed by atoms with Crippen LogP contribution < -0.4 is 0 Å². The van der Waals surface area contributed by atoms with Crippen LogP contribution in [0.4, 0.5) is 4.39 Å². The lowest BCUT2D eigenvalue weighted by Crippen LogP contribution is -2.00. The molecule has 0 N–H and O–H groups in total. The van der Waals surface area contributed by atoms with Crippen molar-refractivity contribution in [2.75, 3.05) is 0 Å². The number of halogens is 2. The first-order valence-electron chi connectivity index (χ1n) is 4.96. The Hall–Kier alpha value is -1.48. The van der Waals surface area contributed by atoms with Gasteiger partial charge in [-0.05, 0) is 18.4 Å². The van der Waals surface area contributed by atoms with Crippen molar-refractivity contribution in [1.82, 2.24) is 9.97 Å². The molecule has 1 heterocycles. The minimum atomic E-state index is -0.514. The van der Waals surface area contributed by atoms with E-state index >= 15 is 0 Å². The molecule has 0 spiro atoms. The van der Waals surface area contributed by atoms with Gasteiger partial charge in [-0.1, -0.05) is 41.9 Å². The number of aryl methyl sites for hydroxylation is 2. The van der Waals surface area contributed by atoms with Gasteiger partial charge in [-0.25, -0.2) is 14.4 Å². The van der Waals surface area contributed by atoms with Crippen molar-refractivity contribution in [3.8, 4) is 0 Å². The molecule has 4 heteroatoms. The van der Waals surface area contributed by atoms with Crippen molar-refractivity contribution in [1.29, 1.82) is 0 Å². The molecule has 0 fully saturated rings. The van der Waals surface area contributed by atoms with Crippen molar-refractivity contribution in [3.63, 3.8) is 0 Å².